The minimum absolute atomic E-state index is 0.00202. The van der Waals surface area contributed by atoms with E-state index in [0.717, 1.165) is 30.5 Å². The first-order chi connectivity index (χ1) is 17.0. The fourth-order valence-electron chi connectivity index (χ4n) is 3.75. The molecule has 0 unspecified atom stereocenters. The van der Waals surface area contributed by atoms with Gasteiger partial charge in [-0.1, -0.05) is 6.07 Å². The third-order valence-electron chi connectivity index (χ3n) is 5.56. The third-order valence-corrected chi connectivity index (χ3v) is 5.56. The Balaban J connectivity index is 1.69. The van der Waals surface area contributed by atoms with Crippen LogP contribution >= 0.6 is 0 Å². The van der Waals surface area contributed by atoms with Crippen molar-refractivity contribution in [2.24, 2.45) is 0 Å². The van der Waals surface area contributed by atoms with Gasteiger partial charge in [-0.15, -0.1) is 13.2 Å². The summed E-state index contributed by atoms with van der Waals surface area (Å²) in [5.74, 6) is -0.517. The molecule has 3 aromatic rings. The highest BCUT2D eigenvalue weighted by Gasteiger charge is 2.32. The molecule has 0 atom stereocenters. The second kappa shape index (κ2) is 9.88. The predicted octanol–water partition coefficient (Wildman–Crippen LogP) is 6.42. The molecule has 1 saturated carbocycles. The Morgan fingerprint density at radius 3 is 2.42 bits per heavy atom. The van der Waals surface area contributed by atoms with E-state index in [1.807, 2.05) is 6.07 Å². The lowest BCUT2D eigenvalue weighted by Gasteiger charge is -2.18. The van der Waals surface area contributed by atoms with E-state index in [-0.39, 0.29) is 34.3 Å². The molecule has 0 aliphatic heterocycles. The van der Waals surface area contributed by atoms with Gasteiger partial charge in [-0.25, -0.2) is 0 Å². The molecule has 7 nitrogen and oxygen atoms in total. The Morgan fingerprint density at radius 2 is 1.78 bits per heavy atom. The average Bonchev–Trinajstić information content (AvgIpc) is 3.64. The van der Waals surface area contributed by atoms with Gasteiger partial charge in [0.1, 0.15) is 17.2 Å². The molecule has 0 saturated heterocycles. The molecule has 1 N–H and O–H groups in total. The molecular weight excluding hydrogens is 477 g/mol. The number of hydrogen-bond acceptors (Lipinski definition) is 6. The number of Topliss-reactive ketones (excluding diaryl/α,β-unsaturated/α-hetero) is 1. The highest BCUT2D eigenvalue weighted by Crippen LogP contribution is 2.44. The molecule has 1 amide bonds. The predicted molar refractivity (Wildman–Crippen MR) is 125 cm³/mol. The van der Waals surface area contributed by atoms with Gasteiger partial charge >= 0.3 is 6.36 Å². The summed E-state index contributed by atoms with van der Waals surface area (Å²) in [5.41, 5.74) is 2.47. The van der Waals surface area contributed by atoms with E-state index in [9.17, 15) is 22.8 Å². The van der Waals surface area contributed by atoms with E-state index < -0.39 is 18.0 Å². The maximum atomic E-state index is 13.3. The van der Waals surface area contributed by atoms with Crippen molar-refractivity contribution >= 4 is 17.4 Å². The fourth-order valence-corrected chi connectivity index (χ4v) is 3.75. The van der Waals surface area contributed by atoms with Gasteiger partial charge in [0.25, 0.3) is 5.91 Å². The average molecular weight is 500 g/mol. The van der Waals surface area contributed by atoms with Crippen molar-refractivity contribution in [2.45, 2.75) is 39.0 Å². The van der Waals surface area contributed by atoms with Crippen molar-refractivity contribution < 1.29 is 37.0 Å². The van der Waals surface area contributed by atoms with E-state index in [2.05, 4.69) is 15.0 Å². The molecular formula is C26H23F3N2O5. The van der Waals surface area contributed by atoms with E-state index in [0.29, 0.717) is 17.2 Å². The first kappa shape index (κ1) is 25.0. The topological polar surface area (TPSA) is 86.8 Å². The molecule has 1 fully saturated rings. The maximum Gasteiger partial charge on any atom is 0.573 e. The zero-order valence-corrected chi connectivity index (χ0v) is 19.7. The van der Waals surface area contributed by atoms with Gasteiger partial charge in [0.2, 0.25) is 0 Å². The number of aryl methyl sites for hydroxylation is 1. The Morgan fingerprint density at radius 1 is 1.03 bits per heavy atom. The van der Waals surface area contributed by atoms with Crippen molar-refractivity contribution in [1.29, 1.82) is 0 Å². The number of hydrogen-bond donors (Lipinski definition) is 1. The summed E-state index contributed by atoms with van der Waals surface area (Å²) in [7, 11) is 1.29. The number of aromatic nitrogens is 1. The number of methoxy groups -OCH3 is 1. The van der Waals surface area contributed by atoms with Crippen LogP contribution in [-0.2, 0) is 0 Å². The van der Waals surface area contributed by atoms with Gasteiger partial charge in [0.15, 0.2) is 17.3 Å². The molecule has 1 aliphatic carbocycles. The number of nitrogens with one attached hydrogen (secondary N) is 1. The second-order valence-electron chi connectivity index (χ2n) is 8.39. The highest BCUT2D eigenvalue weighted by atomic mass is 19.4. The summed E-state index contributed by atoms with van der Waals surface area (Å²) < 4.78 is 53.1. The number of carbonyl (C=O) groups is 2. The van der Waals surface area contributed by atoms with E-state index in [4.69, 9.17) is 9.47 Å². The number of ketones is 1. The zero-order chi connectivity index (χ0) is 26.0. The van der Waals surface area contributed by atoms with E-state index >= 15 is 0 Å². The third kappa shape index (κ3) is 5.94. The van der Waals surface area contributed by atoms with Crippen molar-refractivity contribution in [1.82, 2.24) is 4.98 Å². The van der Waals surface area contributed by atoms with Crippen LogP contribution in [-0.4, -0.2) is 30.1 Å². The normalized spacial score (nSPS) is 13.2. The van der Waals surface area contributed by atoms with Crippen LogP contribution in [0.4, 0.5) is 18.9 Å². The van der Waals surface area contributed by atoms with Gasteiger partial charge in [-0.05, 0) is 67.1 Å². The quantitative estimate of drug-likeness (QED) is 0.359. The summed E-state index contributed by atoms with van der Waals surface area (Å²) in [5, 5.41) is 2.76. The van der Waals surface area contributed by atoms with Crippen LogP contribution in [0.1, 0.15) is 57.7 Å². The number of anilines is 1. The number of carbonyl (C=O) groups excluding carboxylic acids is 2. The molecule has 36 heavy (non-hydrogen) atoms. The molecule has 0 bridgehead atoms. The largest absolute Gasteiger partial charge is 0.573 e. The number of alkyl halides is 3. The van der Waals surface area contributed by atoms with Crippen molar-refractivity contribution in [3.05, 3.63) is 71.0 Å². The number of benzene rings is 2. The van der Waals surface area contributed by atoms with Crippen LogP contribution < -0.4 is 19.5 Å². The Labute approximate surface area is 205 Å². The summed E-state index contributed by atoms with van der Waals surface area (Å²) in [6, 6.07) is 10.1. The number of amides is 1. The number of pyridine rings is 1. The highest BCUT2D eigenvalue weighted by molar-refractivity contribution is 6.08. The van der Waals surface area contributed by atoms with E-state index in [1.54, 1.807) is 19.1 Å². The molecule has 1 aromatic heterocycles. The molecule has 0 spiro atoms. The summed E-state index contributed by atoms with van der Waals surface area (Å²) in [6.45, 7) is 3.15. The minimum Gasteiger partial charge on any atom is -0.493 e. The van der Waals surface area contributed by atoms with Crippen LogP contribution in [0.2, 0.25) is 0 Å². The van der Waals surface area contributed by atoms with Crippen LogP contribution in [0.5, 0.6) is 23.0 Å². The van der Waals surface area contributed by atoms with Gasteiger partial charge < -0.3 is 19.5 Å². The van der Waals surface area contributed by atoms with Gasteiger partial charge in [-0.3, -0.25) is 14.6 Å². The number of ether oxygens (including phenoxy) is 3. The Hall–Kier alpha value is -4.08. The number of rotatable bonds is 8. The first-order valence-electron chi connectivity index (χ1n) is 11.1. The van der Waals surface area contributed by atoms with Crippen molar-refractivity contribution in [3.63, 3.8) is 0 Å². The van der Waals surface area contributed by atoms with Gasteiger partial charge in [-0.2, -0.15) is 0 Å². The molecule has 10 heteroatoms. The Kier molecular flexibility index (Phi) is 6.87. The lowest BCUT2D eigenvalue weighted by molar-refractivity contribution is -0.274. The molecule has 2 aromatic carbocycles. The monoisotopic (exact) mass is 500 g/mol. The van der Waals surface area contributed by atoms with Crippen molar-refractivity contribution in [3.8, 4) is 23.0 Å². The SMILES string of the molecule is COc1cc(OC(F)(F)F)ccc1Oc1cc(C2CC2)cc(C)c1C(=O)Nc1ccnc(C(C)=O)c1. The van der Waals surface area contributed by atoms with Crippen molar-refractivity contribution in [2.75, 3.05) is 12.4 Å². The maximum absolute atomic E-state index is 13.3. The standard InChI is InChI=1S/C26H23F3N2O5/c1-14-10-17(16-4-5-16)11-23(24(14)25(33)31-18-8-9-30-20(12-18)15(2)32)35-21-7-6-19(13-22(21)34-3)36-26(27,28)29/h6-13,16H,4-5H2,1-3H3,(H,30,31,33). The molecule has 4 rings (SSSR count). The Bertz CT molecular complexity index is 1320. The summed E-state index contributed by atoms with van der Waals surface area (Å²) in [4.78, 5) is 28.9. The summed E-state index contributed by atoms with van der Waals surface area (Å²) in [6.07, 6.45) is -1.41. The number of nitrogens with zero attached hydrogens (tertiary/aromatic N) is 1. The second-order valence-corrected chi connectivity index (χ2v) is 8.39. The fraction of sp³-hybridized carbons (Fsp3) is 0.269. The van der Waals surface area contributed by atoms with Gasteiger partial charge in [0, 0.05) is 24.9 Å². The molecule has 1 aliphatic rings. The smallest absolute Gasteiger partial charge is 0.493 e. The zero-order valence-electron chi connectivity index (χ0n) is 19.7. The summed E-state index contributed by atoms with van der Waals surface area (Å²) >= 11 is 0. The van der Waals surface area contributed by atoms with Gasteiger partial charge in [0.05, 0.1) is 12.7 Å². The molecule has 0 radical (unpaired) electrons. The minimum atomic E-state index is -4.86. The lowest BCUT2D eigenvalue weighted by Crippen LogP contribution is -2.17. The molecule has 1 heterocycles. The van der Waals surface area contributed by atoms with Crippen LogP contribution in [0.15, 0.2) is 48.7 Å². The van der Waals surface area contributed by atoms with E-state index in [1.165, 1.54) is 32.4 Å². The number of halogens is 3. The van der Waals surface area contributed by atoms with Crippen LogP contribution in [0.25, 0.3) is 0 Å². The lowest BCUT2D eigenvalue weighted by atomic mass is 10.00. The first-order valence-corrected chi connectivity index (χ1v) is 11.1. The molecule has 188 valence electrons. The van der Waals surface area contributed by atoms with Crippen LogP contribution in [0, 0.1) is 6.92 Å². The van der Waals surface area contributed by atoms with Crippen LogP contribution in [0.3, 0.4) is 0 Å².